The summed E-state index contributed by atoms with van der Waals surface area (Å²) in [4.78, 5) is 19.3. The molecule has 0 unspecified atom stereocenters. The van der Waals surface area contributed by atoms with Gasteiger partial charge in [-0.15, -0.1) is 0 Å². The van der Waals surface area contributed by atoms with E-state index < -0.39 is 0 Å². The van der Waals surface area contributed by atoms with Gasteiger partial charge in [0.25, 0.3) is 0 Å². The van der Waals surface area contributed by atoms with Crippen molar-refractivity contribution in [1.29, 1.82) is 0 Å². The zero-order valence-corrected chi connectivity index (χ0v) is 21.5. The van der Waals surface area contributed by atoms with Gasteiger partial charge in [0.15, 0.2) is 0 Å². The highest BCUT2D eigenvalue weighted by molar-refractivity contribution is 5.86. The van der Waals surface area contributed by atoms with Gasteiger partial charge in [-0.1, -0.05) is 6.07 Å². The maximum atomic E-state index is 5.58. The summed E-state index contributed by atoms with van der Waals surface area (Å²) in [5.74, 6) is 0.556. The molecule has 0 radical (unpaired) electrons. The first-order valence-corrected chi connectivity index (χ1v) is 12.6. The van der Waals surface area contributed by atoms with Gasteiger partial charge in [0.1, 0.15) is 5.69 Å². The van der Waals surface area contributed by atoms with Crippen molar-refractivity contribution in [2.24, 2.45) is 0 Å². The number of hydrogen-bond acceptors (Lipinski definition) is 8. The van der Waals surface area contributed by atoms with Gasteiger partial charge in [0.2, 0.25) is 5.88 Å². The van der Waals surface area contributed by atoms with Crippen LogP contribution in [0.2, 0.25) is 0 Å². The lowest BCUT2D eigenvalue weighted by atomic mass is 10.1. The lowest BCUT2D eigenvalue weighted by Crippen LogP contribution is -2.49. The average Bonchev–Trinajstić information content (AvgIpc) is 3.33. The van der Waals surface area contributed by atoms with E-state index in [0.29, 0.717) is 17.6 Å². The molecule has 1 aliphatic rings. The van der Waals surface area contributed by atoms with E-state index in [4.69, 9.17) is 9.72 Å². The number of pyridine rings is 3. The van der Waals surface area contributed by atoms with Crippen molar-refractivity contribution >= 4 is 16.7 Å². The Morgan fingerprint density at radius 2 is 1.86 bits per heavy atom. The summed E-state index contributed by atoms with van der Waals surface area (Å²) in [7, 11) is 1.62. The SMILES string of the molecule is COc1[nH]nc(-c2cccc(C)n2)c1-c1ccc2ncc(NCCN3CCN(C(C)C)CC3)cc2n1. The topological polar surface area (TPSA) is 95.1 Å². The molecule has 0 aliphatic carbocycles. The van der Waals surface area contributed by atoms with E-state index in [1.807, 2.05) is 43.5 Å². The van der Waals surface area contributed by atoms with E-state index in [-0.39, 0.29) is 0 Å². The number of anilines is 1. The number of aromatic amines is 1. The average molecular weight is 487 g/mol. The van der Waals surface area contributed by atoms with Crippen LogP contribution in [0.25, 0.3) is 33.7 Å². The number of ether oxygens (including phenoxy) is 1. The van der Waals surface area contributed by atoms with E-state index in [1.165, 1.54) is 0 Å². The third-order valence-electron chi connectivity index (χ3n) is 6.76. The molecule has 9 nitrogen and oxygen atoms in total. The van der Waals surface area contributed by atoms with Crippen LogP contribution in [0.5, 0.6) is 5.88 Å². The standard InChI is InChI=1S/C27H34N8O/c1-18(2)35-14-12-34(13-15-35)11-10-28-20-16-24-21(29-17-20)8-9-22(31-24)25-26(32-33-27(25)36-4)23-7-5-6-19(3)30-23/h5-9,16-18,28H,10-15H2,1-4H3,(H,32,33). The predicted octanol–water partition coefficient (Wildman–Crippen LogP) is 3.84. The molecule has 188 valence electrons. The number of aromatic nitrogens is 5. The van der Waals surface area contributed by atoms with Crippen LogP contribution in [-0.4, -0.2) is 87.4 Å². The number of nitrogens with zero attached hydrogens (tertiary/aromatic N) is 6. The Labute approximate surface area is 211 Å². The molecular weight excluding hydrogens is 452 g/mol. The zero-order chi connectivity index (χ0) is 25.1. The minimum absolute atomic E-state index is 0.556. The van der Waals surface area contributed by atoms with E-state index in [9.17, 15) is 0 Å². The number of methoxy groups -OCH3 is 1. The predicted molar refractivity (Wildman–Crippen MR) is 143 cm³/mol. The summed E-state index contributed by atoms with van der Waals surface area (Å²) in [6, 6.07) is 12.5. The number of rotatable bonds is 8. The van der Waals surface area contributed by atoms with Crippen LogP contribution in [-0.2, 0) is 0 Å². The van der Waals surface area contributed by atoms with E-state index >= 15 is 0 Å². The van der Waals surface area contributed by atoms with Crippen molar-refractivity contribution in [2.75, 3.05) is 51.7 Å². The number of aryl methyl sites for hydroxylation is 1. The van der Waals surface area contributed by atoms with Crippen LogP contribution in [0.3, 0.4) is 0 Å². The third kappa shape index (κ3) is 5.17. The van der Waals surface area contributed by atoms with Crippen LogP contribution in [0, 0.1) is 6.92 Å². The summed E-state index contributed by atoms with van der Waals surface area (Å²) >= 11 is 0. The van der Waals surface area contributed by atoms with E-state index in [0.717, 1.165) is 78.6 Å². The second-order valence-electron chi connectivity index (χ2n) is 9.50. The van der Waals surface area contributed by atoms with Crippen molar-refractivity contribution in [3.05, 3.63) is 48.3 Å². The lowest BCUT2D eigenvalue weighted by molar-refractivity contribution is 0.111. The maximum Gasteiger partial charge on any atom is 0.219 e. The molecule has 9 heteroatoms. The molecule has 4 aromatic heterocycles. The summed E-state index contributed by atoms with van der Waals surface area (Å²) in [5, 5.41) is 11.0. The van der Waals surface area contributed by atoms with Gasteiger partial charge < -0.3 is 10.1 Å². The molecule has 5 rings (SSSR count). The Morgan fingerprint density at radius 1 is 1.03 bits per heavy atom. The molecule has 0 atom stereocenters. The Hall–Kier alpha value is -3.56. The molecule has 0 saturated carbocycles. The first kappa shape index (κ1) is 24.1. The number of hydrogen-bond donors (Lipinski definition) is 2. The van der Waals surface area contributed by atoms with Gasteiger partial charge in [-0.2, -0.15) is 5.10 Å². The van der Waals surface area contributed by atoms with Crippen molar-refractivity contribution < 1.29 is 4.74 Å². The Balaban J connectivity index is 1.33. The number of piperazine rings is 1. The molecule has 0 amide bonds. The van der Waals surface area contributed by atoms with Gasteiger partial charge in [-0.3, -0.25) is 19.8 Å². The zero-order valence-electron chi connectivity index (χ0n) is 21.5. The van der Waals surface area contributed by atoms with Gasteiger partial charge in [-0.25, -0.2) is 10.1 Å². The number of H-pyrrole nitrogens is 1. The fourth-order valence-corrected chi connectivity index (χ4v) is 4.68. The van der Waals surface area contributed by atoms with Gasteiger partial charge in [0.05, 0.1) is 47.0 Å². The normalized spacial score (nSPS) is 15.0. The summed E-state index contributed by atoms with van der Waals surface area (Å²) in [6.45, 7) is 12.9. The molecular formula is C27H34N8O. The monoisotopic (exact) mass is 486 g/mol. The smallest absolute Gasteiger partial charge is 0.219 e. The fraction of sp³-hybridized carbons (Fsp3) is 0.407. The number of fused-ring (bicyclic) bond motifs is 1. The highest BCUT2D eigenvalue weighted by Crippen LogP contribution is 2.36. The van der Waals surface area contributed by atoms with Crippen LogP contribution >= 0.6 is 0 Å². The minimum Gasteiger partial charge on any atom is -0.481 e. The van der Waals surface area contributed by atoms with Gasteiger partial charge in [0, 0.05) is 51.0 Å². The molecule has 36 heavy (non-hydrogen) atoms. The first-order valence-electron chi connectivity index (χ1n) is 12.6. The van der Waals surface area contributed by atoms with Crippen LogP contribution < -0.4 is 10.1 Å². The second-order valence-corrected chi connectivity index (χ2v) is 9.50. The van der Waals surface area contributed by atoms with Crippen LogP contribution in [0.1, 0.15) is 19.5 Å². The molecule has 0 aromatic carbocycles. The number of nitrogens with one attached hydrogen (secondary N) is 2. The van der Waals surface area contributed by atoms with Crippen molar-refractivity contribution in [3.63, 3.8) is 0 Å². The molecule has 5 heterocycles. The third-order valence-corrected chi connectivity index (χ3v) is 6.76. The Kier molecular flexibility index (Phi) is 7.11. The van der Waals surface area contributed by atoms with E-state index in [2.05, 4.69) is 55.2 Å². The quantitative estimate of drug-likeness (QED) is 0.388. The van der Waals surface area contributed by atoms with E-state index in [1.54, 1.807) is 7.11 Å². The highest BCUT2D eigenvalue weighted by Gasteiger charge is 2.21. The van der Waals surface area contributed by atoms with Crippen LogP contribution in [0.4, 0.5) is 5.69 Å². The van der Waals surface area contributed by atoms with Crippen molar-refractivity contribution in [1.82, 2.24) is 34.9 Å². The van der Waals surface area contributed by atoms with Crippen LogP contribution in [0.15, 0.2) is 42.6 Å². The first-order chi connectivity index (χ1) is 17.5. The Morgan fingerprint density at radius 3 is 2.61 bits per heavy atom. The summed E-state index contributed by atoms with van der Waals surface area (Å²) in [6.07, 6.45) is 1.88. The molecule has 0 bridgehead atoms. The molecule has 0 spiro atoms. The highest BCUT2D eigenvalue weighted by atomic mass is 16.5. The molecule has 1 aliphatic heterocycles. The van der Waals surface area contributed by atoms with Crippen molar-refractivity contribution in [3.8, 4) is 28.5 Å². The Bertz CT molecular complexity index is 1330. The van der Waals surface area contributed by atoms with Crippen molar-refractivity contribution in [2.45, 2.75) is 26.8 Å². The fourth-order valence-electron chi connectivity index (χ4n) is 4.68. The van der Waals surface area contributed by atoms with Gasteiger partial charge >= 0.3 is 0 Å². The minimum atomic E-state index is 0.556. The maximum absolute atomic E-state index is 5.58. The lowest BCUT2D eigenvalue weighted by Gasteiger charge is -2.36. The molecule has 2 N–H and O–H groups in total. The largest absolute Gasteiger partial charge is 0.481 e. The molecule has 1 saturated heterocycles. The molecule has 1 fully saturated rings. The van der Waals surface area contributed by atoms with Gasteiger partial charge in [-0.05, 0) is 51.1 Å². The summed E-state index contributed by atoms with van der Waals surface area (Å²) < 4.78 is 5.58. The molecule has 4 aromatic rings. The summed E-state index contributed by atoms with van der Waals surface area (Å²) in [5.41, 5.74) is 6.57. The second kappa shape index (κ2) is 10.6.